The number of rotatable bonds is 2. The Balaban J connectivity index is 1.40. The zero-order chi connectivity index (χ0) is 16.7. The quantitative estimate of drug-likeness (QED) is 0.908. The van der Waals surface area contributed by atoms with E-state index < -0.39 is 0 Å². The molecule has 6 nitrogen and oxygen atoms in total. The van der Waals surface area contributed by atoms with Crippen LogP contribution in [0.3, 0.4) is 0 Å². The lowest BCUT2D eigenvalue weighted by Gasteiger charge is -2.28. The second kappa shape index (κ2) is 5.78. The summed E-state index contributed by atoms with van der Waals surface area (Å²) in [6.45, 7) is 0.961. The molecule has 1 aromatic carbocycles. The fraction of sp³-hybridized carbons (Fsp3) is 0.389. The van der Waals surface area contributed by atoms with Crippen LogP contribution < -0.4 is 10.9 Å². The Morgan fingerprint density at radius 3 is 2.88 bits per heavy atom. The lowest BCUT2D eigenvalue weighted by atomic mass is 10.1. The summed E-state index contributed by atoms with van der Waals surface area (Å²) in [5.74, 6) is 0.414. The molecule has 1 saturated carbocycles. The Kier molecular flexibility index (Phi) is 3.59. The molecule has 0 spiro atoms. The summed E-state index contributed by atoms with van der Waals surface area (Å²) >= 11 is 0. The van der Waals surface area contributed by atoms with Crippen molar-refractivity contribution in [2.24, 2.45) is 7.05 Å². The van der Waals surface area contributed by atoms with E-state index in [9.17, 15) is 9.59 Å². The average Bonchev–Trinajstić information content (AvgIpc) is 3.38. The lowest BCUT2D eigenvalue weighted by molar-refractivity contribution is 0.190. The lowest BCUT2D eigenvalue weighted by Crippen LogP contribution is -2.45. The smallest absolute Gasteiger partial charge is 0.317 e. The number of benzene rings is 1. The molecule has 2 aliphatic rings. The van der Waals surface area contributed by atoms with E-state index in [0.717, 1.165) is 17.7 Å². The average molecular weight is 324 g/mol. The van der Waals surface area contributed by atoms with E-state index in [1.54, 1.807) is 11.9 Å². The summed E-state index contributed by atoms with van der Waals surface area (Å²) in [6, 6.07) is 10.4. The third-order valence-corrected chi connectivity index (χ3v) is 4.90. The molecule has 0 unspecified atom stereocenters. The zero-order valence-corrected chi connectivity index (χ0v) is 13.6. The first-order valence-electron chi connectivity index (χ1n) is 8.27. The van der Waals surface area contributed by atoms with Gasteiger partial charge in [0.2, 0.25) is 0 Å². The zero-order valence-electron chi connectivity index (χ0n) is 13.6. The topological polar surface area (TPSA) is 67.2 Å². The maximum Gasteiger partial charge on any atom is 0.317 e. The standard InChI is InChI=1S/C18H20N4O2/c1-21-11-19-16-10-22(8-7-13(16)17(21)23)18(24)20-15-9-14(15)12-5-3-2-4-6-12/h2-6,11,14-15H,7-10H2,1H3,(H,20,24)/t14-,15-/m0/s1. The van der Waals surface area contributed by atoms with Gasteiger partial charge in [0.25, 0.3) is 5.56 Å². The maximum absolute atomic E-state index is 12.5. The number of fused-ring (bicyclic) bond motifs is 1. The van der Waals surface area contributed by atoms with Gasteiger partial charge >= 0.3 is 6.03 Å². The summed E-state index contributed by atoms with van der Waals surface area (Å²) in [5.41, 5.74) is 2.72. The number of hydrogen-bond donors (Lipinski definition) is 1. The molecule has 1 fully saturated rings. The number of aromatic nitrogens is 2. The number of carbonyl (C=O) groups excluding carboxylic acids is 1. The van der Waals surface area contributed by atoms with Crippen LogP contribution in [0.2, 0.25) is 0 Å². The second-order valence-electron chi connectivity index (χ2n) is 6.57. The Bertz CT molecular complexity index is 831. The van der Waals surface area contributed by atoms with E-state index in [2.05, 4.69) is 22.4 Å². The van der Waals surface area contributed by atoms with E-state index in [-0.39, 0.29) is 17.6 Å². The first-order valence-corrected chi connectivity index (χ1v) is 8.27. The van der Waals surface area contributed by atoms with Gasteiger partial charge in [0.1, 0.15) is 0 Å². The Labute approximate surface area is 140 Å². The minimum absolute atomic E-state index is 0.00797. The van der Waals surface area contributed by atoms with E-state index >= 15 is 0 Å². The molecule has 2 heterocycles. The van der Waals surface area contributed by atoms with Gasteiger partial charge < -0.3 is 14.8 Å². The molecular formula is C18H20N4O2. The normalized spacial score (nSPS) is 22.0. The van der Waals surface area contributed by atoms with Crippen molar-refractivity contribution in [1.82, 2.24) is 19.8 Å². The summed E-state index contributed by atoms with van der Waals surface area (Å²) in [6.07, 6.45) is 3.07. The highest BCUT2D eigenvalue weighted by molar-refractivity contribution is 5.75. The van der Waals surface area contributed by atoms with Crippen molar-refractivity contribution in [3.63, 3.8) is 0 Å². The third-order valence-electron chi connectivity index (χ3n) is 4.90. The van der Waals surface area contributed by atoms with Crippen LogP contribution in [0.4, 0.5) is 4.79 Å². The first kappa shape index (κ1) is 14.9. The van der Waals surface area contributed by atoms with Crippen molar-refractivity contribution in [3.8, 4) is 0 Å². The van der Waals surface area contributed by atoms with Crippen molar-refractivity contribution in [2.45, 2.75) is 31.3 Å². The molecule has 0 radical (unpaired) electrons. The number of urea groups is 1. The Morgan fingerprint density at radius 2 is 2.08 bits per heavy atom. The number of carbonyl (C=O) groups is 1. The molecule has 4 rings (SSSR count). The minimum atomic E-state index is -0.0634. The van der Waals surface area contributed by atoms with Crippen LogP contribution in [0.1, 0.15) is 29.2 Å². The van der Waals surface area contributed by atoms with Crippen LogP contribution in [0.25, 0.3) is 0 Å². The molecule has 1 aliphatic carbocycles. The van der Waals surface area contributed by atoms with Crippen molar-refractivity contribution in [1.29, 1.82) is 0 Å². The number of aryl methyl sites for hydroxylation is 1. The second-order valence-corrected chi connectivity index (χ2v) is 6.57. The van der Waals surface area contributed by atoms with Crippen molar-refractivity contribution < 1.29 is 4.79 Å². The molecule has 124 valence electrons. The van der Waals surface area contributed by atoms with Crippen molar-refractivity contribution in [2.75, 3.05) is 6.54 Å². The predicted octanol–water partition coefficient (Wildman–Crippen LogP) is 1.40. The van der Waals surface area contributed by atoms with Gasteiger partial charge in [-0.3, -0.25) is 4.79 Å². The van der Waals surface area contributed by atoms with E-state index in [1.807, 2.05) is 18.2 Å². The molecule has 0 bridgehead atoms. The van der Waals surface area contributed by atoms with Gasteiger partial charge in [-0.25, -0.2) is 9.78 Å². The first-order chi connectivity index (χ1) is 11.6. The molecule has 2 aromatic rings. The summed E-state index contributed by atoms with van der Waals surface area (Å²) in [7, 11) is 1.70. The highest BCUT2D eigenvalue weighted by atomic mass is 16.2. The molecule has 1 aromatic heterocycles. The van der Waals surface area contributed by atoms with Crippen LogP contribution in [0.5, 0.6) is 0 Å². The molecule has 0 saturated heterocycles. The third kappa shape index (κ3) is 2.68. The minimum Gasteiger partial charge on any atom is -0.335 e. The summed E-state index contributed by atoms with van der Waals surface area (Å²) in [4.78, 5) is 30.6. The van der Waals surface area contributed by atoms with Crippen LogP contribution in [-0.2, 0) is 20.0 Å². The molecule has 6 heteroatoms. The molecule has 2 amide bonds. The summed E-state index contributed by atoms with van der Waals surface area (Å²) < 4.78 is 1.49. The van der Waals surface area contributed by atoms with E-state index in [1.165, 1.54) is 16.5 Å². The van der Waals surface area contributed by atoms with Gasteiger partial charge in [0, 0.05) is 31.1 Å². The fourth-order valence-corrected chi connectivity index (χ4v) is 3.36. The summed E-state index contributed by atoms with van der Waals surface area (Å²) in [5, 5.41) is 3.10. The monoisotopic (exact) mass is 324 g/mol. The highest BCUT2D eigenvalue weighted by Crippen LogP contribution is 2.40. The van der Waals surface area contributed by atoms with Gasteiger partial charge in [-0.15, -0.1) is 0 Å². The molecule has 1 aliphatic heterocycles. The number of nitrogens with one attached hydrogen (secondary N) is 1. The van der Waals surface area contributed by atoms with Crippen LogP contribution in [0, 0.1) is 0 Å². The molecule has 1 N–H and O–H groups in total. The maximum atomic E-state index is 12.5. The highest BCUT2D eigenvalue weighted by Gasteiger charge is 2.40. The van der Waals surface area contributed by atoms with Crippen molar-refractivity contribution in [3.05, 3.63) is 63.8 Å². The van der Waals surface area contributed by atoms with Crippen LogP contribution in [0.15, 0.2) is 41.5 Å². The molecule has 2 atom stereocenters. The fourth-order valence-electron chi connectivity index (χ4n) is 3.36. The number of nitrogens with zero attached hydrogens (tertiary/aromatic N) is 3. The van der Waals surface area contributed by atoms with Gasteiger partial charge in [-0.05, 0) is 18.4 Å². The number of amides is 2. The SMILES string of the molecule is Cn1cnc2c(c1=O)CCN(C(=O)N[C@H]1C[C@H]1c1ccccc1)C2. The van der Waals surface area contributed by atoms with E-state index in [0.29, 0.717) is 25.4 Å². The van der Waals surface area contributed by atoms with Crippen LogP contribution in [-0.4, -0.2) is 33.1 Å². The largest absolute Gasteiger partial charge is 0.335 e. The van der Waals surface area contributed by atoms with Crippen LogP contribution >= 0.6 is 0 Å². The predicted molar refractivity (Wildman–Crippen MR) is 89.7 cm³/mol. The van der Waals surface area contributed by atoms with Gasteiger partial charge in [-0.1, -0.05) is 30.3 Å². The van der Waals surface area contributed by atoms with Gasteiger partial charge in [-0.2, -0.15) is 0 Å². The van der Waals surface area contributed by atoms with Gasteiger partial charge in [0.15, 0.2) is 0 Å². The number of hydrogen-bond acceptors (Lipinski definition) is 3. The van der Waals surface area contributed by atoms with Crippen molar-refractivity contribution >= 4 is 6.03 Å². The van der Waals surface area contributed by atoms with E-state index in [4.69, 9.17) is 0 Å². The molecular weight excluding hydrogens is 304 g/mol. The molecule has 24 heavy (non-hydrogen) atoms. The van der Waals surface area contributed by atoms with Gasteiger partial charge in [0.05, 0.1) is 18.6 Å². The Morgan fingerprint density at radius 1 is 1.29 bits per heavy atom. The Hall–Kier alpha value is -2.63.